The summed E-state index contributed by atoms with van der Waals surface area (Å²) in [4.78, 5) is 32.0. The lowest BCUT2D eigenvalue weighted by Gasteiger charge is -2.03. The number of nitro groups is 1. The molecule has 0 atom stereocenters. The first-order valence-corrected chi connectivity index (χ1v) is 4.94. The maximum absolute atomic E-state index is 11.3. The van der Waals surface area contributed by atoms with Crippen molar-refractivity contribution in [2.75, 3.05) is 0 Å². The molecule has 0 bridgehead atoms. The number of ketones is 1. The second kappa shape index (κ2) is 5.74. The maximum atomic E-state index is 11.3. The number of para-hydroxylation sites is 2. The van der Waals surface area contributed by atoms with Crippen LogP contribution < -0.4 is 4.74 Å². The van der Waals surface area contributed by atoms with E-state index in [9.17, 15) is 19.7 Å². The molecule has 0 aliphatic carbocycles. The first kappa shape index (κ1) is 12.8. The number of carbonyl (C=O) groups is 2. The van der Waals surface area contributed by atoms with Gasteiger partial charge in [0.05, 0.1) is 11.3 Å². The summed E-state index contributed by atoms with van der Waals surface area (Å²) in [6.07, 6.45) is -0.0130. The predicted octanol–water partition coefficient (Wildman–Crippen LogP) is 1.87. The molecule has 0 radical (unpaired) electrons. The second-order valence-corrected chi connectivity index (χ2v) is 3.40. The molecule has 1 aromatic carbocycles. The number of hydrogen-bond acceptors (Lipinski definition) is 5. The summed E-state index contributed by atoms with van der Waals surface area (Å²) in [6, 6.07) is 5.59. The average molecular weight is 237 g/mol. The molecule has 0 fully saturated rings. The van der Waals surface area contributed by atoms with Gasteiger partial charge in [0.2, 0.25) is 5.75 Å². The highest BCUT2D eigenvalue weighted by molar-refractivity contribution is 5.82. The SMILES string of the molecule is CC(=O)CCC(=O)Oc1ccccc1[N+](=O)[O-]. The molecule has 0 amide bonds. The van der Waals surface area contributed by atoms with Gasteiger partial charge >= 0.3 is 11.7 Å². The molecule has 0 aromatic heterocycles. The van der Waals surface area contributed by atoms with Crippen molar-refractivity contribution in [2.24, 2.45) is 0 Å². The third-order valence-electron chi connectivity index (χ3n) is 1.97. The van der Waals surface area contributed by atoms with Gasteiger partial charge in [-0.05, 0) is 13.0 Å². The summed E-state index contributed by atoms with van der Waals surface area (Å²) in [5.41, 5.74) is -0.274. The number of hydrogen-bond donors (Lipinski definition) is 0. The van der Waals surface area contributed by atoms with Crippen molar-refractivity contribution < 1.29 is 19.2 Å². The van der Waals surface area contributed by atoms with Crippen LogP contribution in [0.5, 0.6) is 5.75 Å². The van der Waals surface area contributed by atoms with E-state index in [1.54, 1.807) is 0 Å². The van der Waals surface area contributed by atoms with Crippen LogP contribution in [0.25, 0.3) is 0 Å². The van der Waals surface area contributed by atoms with E-state index in [1.807, 2.05) is 0 Å². The van der Waals surface area contributed by atoms with Crippen LogP contribution >= 0.6 is 0 Å². The smallest absolute Gasteiger partial charge is 0.311 e. The van der Waals surface area contributed by atoms with E-state index >= 15 is 0 Å². The van der Waals surface area contributed by atoms with Gasteiger partial charge in [-0.1, -0.05) is 12.1 Å². The first-order chi connectivity index (χ1) is 8.00. The highest BCUT2D eigenvalue weighted by atomic mass is 16.6. The van der Waals surface area contributed by atoms with Crippen LogP contribution in [-0.2, 0) is 9.59 Å². The van der Waals surface area contributed by atoms with Crippen molar-refractivity contribution >= 4 is 17.4 Å². The molecule has 1 aromatic rings. The number of rotatable bonds is 5. The Morgan fingerprint density at radius 1 is 1.29 bits per heavy atom. The van der Waals surface area contributed by atoms with Crippen LogP contribution in [0.3, 0.4) is 0 Å². The standard InChI is InChI=1S/C11H11NO5/c1-8(13)6-7-11(14)17-10-5-3-2-4-9(10)12(15)16/h2-5H,6-7H2,1H3. The molecule has 0 aliphatic rings. The Hall–Kier alpha value is -2.24. The lowest BCUT2D eigenvalue weighted by Crippen LogP contribution is -2.10. The van der Waals surface area contributed by atoms with Crippen molar-refractivity contribution in [3.8, 4) is 5.75 Å². The van der Waals surface area contributed by atoms with E-state index in [1.165, 1.54) is 31.2 Å². The predicted molar refractivity (Wildman–Crippen MR) is 58.6 cm³/mol. The number of Topliss-reactive ketones (excluding diaryl/α,β-unsaturated/α-hetero) is 1. The summed E-state index contributed by atoms with van der Waals surface area (Å²) in [7, 11) is 0. The minimum absolute atomic E-state index is 0.0689. The van der Waals surface area contributed by atoms with Gasteiger partial charge in [-0.2, -0.15) is 0 Å². The van der Waals surface area contributed by atoms with E-state index in [2.05, 4.69) is 0 Å². The van der Waals surface area contributed by atoms with Gasteiger partial charge in [0.25, 0.3) is 0 Å². The van der Waals surface area contributed by atoms with Crippen LogP contribution in [0.15, 0.2) is 24.3 Å². The second-order valence-electron chi connectivity index (χ2n) is 3.40. The van der Waals surface area contributed by atoms with Crippen LogP contribution in [0, 0.1) is 10.1 Å². The fraction of sp³-hybridized carbons (Fsp3) is 0.273. The zero-order chi connectivity index (χ0) is 12.8. The van der Waals surface area contributed by atoms with Gasteiger partial charge in [-0.25, -0.2) is 0 Å². The summed E-state index contributed by atoms with van der Waals surface area (Å²) in [6.45, 7) is 1.36. The van der Waals surface area contributed by atoms with Crippen molar-refractivity contribution in [3.05, 3.63) is 34.4 Å². The fourth-order valence-electron chi connectivity index (χ4n) is 1.15. The van der Waals surface area contributed by atoms with E-state index in [4.69, 9.17) is 4.74 Å². The van der Waals surface area contributed by atoms with Gasteiger partial charge in [0.1, 0.15) is 5.78 Å². The summed E-state index contributed by atoms with van der Waals surface area (Å²) < 4.78 is 4.82. The fourth-order valence-corrected chi connectivity index (χ4v) is 1.15. The monoisotopic (exact) mass is 237 g/mol. The van der Waals surface area contributed by atoms with Crippen molar-refractivity contribution in [3.63, 3.8) is 0 Å². The molecule has 17 heavy (non-hydrogen) atoms. The van der Waals surface area contributed by atoms with Crippen LogP contribution in [0.4, 0.5) is 5.69 Å². The Morgan fingerprint density at radius 2 is 1.94 bits per heavy atom. The number of ether oxygens (including phenoxy) is 1. The van der Waals surface area contributed by atoms with E-state index in [-0.39, 0.29) is 30.1 Å². The Labute approximate surface area is 97.3 Å². The van der Waals surface area contributed by atoms with Gasteiger partial charge in [0.15, 0.2) is 0 Å². The molecule has 6 nitrogen and oxygen atoms in total. The summed E-state index contributed by atoms with van der Waals surface area (Å²) in [5.74, 6) is -0.898. The van der Waals surface area contributed by atoms with Gasteiger partial charge < -0.3 is 9.53 Å². The van der Waals surface area contributed by atoms with Gasteiger partial charge in [-0.3, -0.25) is 14.9 Å². The Balaban J connectivity index is 2.71. The van der Waals surface area contributed by atoms with Crippen LogP contribution in [0.1, 0.15) is 19.8 Å². The number of benzene rings is 1. The molecule has 0 saturated heterocycles. The van der Waals surface area contributed by atoms with E-state index < -0.39 is 10.9 Å². The molecular weight excluding hydrogens is 226 g/mol. The molecule has 0 heterocycles. The van der Waals surface area contributed by atoms with Gasteiger partial charge in [0, 0.05) is 12.5 Å². The number of nitro benzene ring substituents is 1. The molecule has 0 spiro atoms. The number of carbonyl (C=O) groups excluding carboxylic acids is 2. The van der Waals surface area contributed by atoms with E-state index in [0.717, 1.165) is 0 Å². The Bertz CT molecular complexity index is 455. The highest BCUT2D eigenvalue weighted by Gasteiger charge is 2.16. The molecule has 6 heteroatoms. The zero-order valence-corrected chi connectivity index (χ0v) is 9.21. The zero-order valence-electron chi connectivity index (χ0n) is 9.21. The van der Waals surface area contributed by atoms with Crippen molar-refractivity contribution in [2.45, 2.75) is 19.8 Å². The third kappa shape index (κ3) is 4.02. The Morgan fingerprint density at radius 3 is 2.53 bits per heavy atom. The summed E-state index contributed by atoms with van der Waals surface area (Å²) in [5, 5.41) is 10.6. The van der Waals surface area contributed by atoms with Crippen molar-refractivity contribution in [1.29, 1.82) is 0 Å². The van der Waals surface area contributed by atoms with Crippen LogP contribution in [-0.4, -0.2) is 16.7 Å². The van der Waals surface area contributed by atoms with Crippen LogP contribution in [0.2, 0.25) is 0 Å². The molecule has 0 aliphatic heterocycles. The van der Waals surface area contributed by atoms with Gasteiger partial charge in [-0.15, -0.1) is 0 Å². The largest absolute Gasteiger partial charge is 0.419 e. The quantitative estimate of drug-likeness (QED) is 0.337. The molecule has 90 valence electrons. The van der Waals surface area contributed by atoms with Crippen molar-refractivity contribution in [1.82, 2.24) is 0 Å². The minimum atomic E-state index is -0.658. The Kier molecular flexibility index (Phi) is 4.33. The molecule has 0 saturated carbocycles. The maximum Gasteiger partial charge on any atom is 0.311 e. The first-order valence-electron chi connectivity index (χ1n) is 4.94. The van der Waals surface area contributed by atoms with E-state index in [0.29, 0.717) is 0 Å². The number of esters is 1. The lowest BCUT2D eigenvalue weighted by atomic mass is 10.2. The third-order valence-corrected chi connectivity index (χ3v) is 1.97. The lowest BCUT2D eigenvalue weighted by molar-refractivity contribution is -0.385. The molecule has 0 unspecified atom stereocenters. The normalized spacial score (nSPS) is 9.71. The average Bonchev–Trinajstić information content (AvgIpc) is 2.27. The minimum Gasteiger partial charge on any atom is -0.419 e. The number of nitrogens with zero attached hydrogens (tertiary/aromatic N) is 1. The summed E-state index contributed by atoms with van der Waals surface area (Å²) >= 11 is 0. The molecule has 1 rings (SSSR count). The highest BCUT2D eigenvalue weighted by Crippen LogP contribution is 2.26. The molecule has 0 N–H and O–H groups in total. The molecular formula is C11H11NO5. The topological polar surface area (TPSA) is 86.5 Å².